The molecule has 11 rings (SSSR count). The summed E-state index contributed by atoms with van der Waals surface area (Å²) in [4.78, 5) is 2.41. The van der Waals surface area contributed by atoms with E-state index in [1.54, 1.807) is 0 Å². The molecule has 10 aromatic carbocycles. The van der Waals surface area contributed by atoms with Crippen LogP contribution >= 0.6 is 0 Å². The highest BCUT2D eigenvalue weighted by molar-refractivity contribution is 6.23. The number of fused-ring (bicyclic) bond motifs is 9. The van der Waals surface area contributed by atoms with Crippen LogP contribution in [0.25, 0.3) is 76.5 Å². The van der Waals surface area contributed by atoms with Crippen LogP contribution in [0.4, 0.5) is 17.1 Å². The Labute approximate surface area is 327 Å². The highest BCUT2D eigenvalue weighted by atomic mass is 15.1. The standard InChI is InChI=1S/C55H39N/c1-55(2)52-18-10-9-16-48(52)51-35-45(31-32-53(51)55)56(43-27-23-37(24-28-43)41-21-19-36-11-3-4-13-40(36)33-41)44-29-25-39(26-30-44)50-34-42-22-20-38-12-5-6-14-46(38)54(42)49-17-8-7-15-47(49)50/h3-35H,1-2H3. The van der Waals surface area contributed by atoms with Gasteiger partial charge < -0.3 is 4.90 Å². The number of hydrogen-bond acceptors (Lipinski definition) is 1. The van der Waals surface area contributed by atoms with Crippen molar-refractivity contribution in [1.82, 2.24) is 0 Å². The van der Waals surface area contributed by atoms with Gasteiger partial charge in [0.05, 0.1) is 0 Å². The lowest BCUT2D eigenvalue weighted by molar-refractivity contribution is 0.660. The molecule has 0 atom stereocenters. The molecule has 0 N–H and O–H groups in total. The Morgan fingerprint density at radius 1 is 0.321 bits per heavy atom. The fraction of sp³-hybridized carbons (Fsp3) is 0.0545. The smallest absolute Gasteiger partial charge is 0.0468 e. The summed E-state index contributed by atoms with van der Waals surface area (Å²) in [5.74, 6) is 0. The van der Waals surface area contributed by atoms with E-state index in [0.29, 0.717) is 0 Å². The van der Waals surface area contributed by atoms with E-state index >= 15 is 0 Å². The quantitative estimate of drug-likeness (QED) is 0.161. The van der Waals surface area contributed by atoms with E-state index in [0.717, 1.165) is 17.1 Å². The Balaban J connectivity index is 1.04. The second-order valence-corrected chi connectivity index (χ2v) is 15.7. The molecule has 10 aromatic rings. The third-order valence-corrected chi connectivity index (χ3v) is 12.2. The van der Waals surface area contributed by atoms with Crippen molar-refractivity contribution in [1.29, 1.82) is 0 Å². The van der Waals surface area contributed by atoms with Crippen LogP contribution < -0.4 is 4.90 Å². The SMILES string of the molecule is CC1(C)c2ccccc2-c2cc(N(c3ccc(-c4ccc5ccccc5c4)cc3)c3ccc(-c4cc5ccc6ccccc6c5c5ccccc45)cc3)ccc21. The Bertz CT molecular complexity index is 3150. The van der Waals surface area contributed by atoms with E-state index in [2.05, 4.69) is 219 Å². The lowest BCUT2D eigenvalue weighted by atomic mass is 9.82. The van der Waals surface area contributed by atoms with E-state index in [-0.39, 0.29) is 5.41 Å². The minimum Gasteiger partial charge on any atom is -0.310 e. The zero-order valence-corrected chi connectivity index (χ0v) is 31.5. The molecule has 0 bridgehead atoms. The van der Waals surface area contributed by atoms with Crippen LogP contribution in [0.2, 0.25) is 0 Å². The van der Waals surface area contributed by atoms with Crippen LogP contribution in [-0.2, 0) is 5.41 Å². The molecule has 0 amide bonds. The molecule has 0 aromatic heterocycles. The van der Waals surface area contributed by atoms with Gasteiger partial charge in [0.25, 0.3) is 0 Å². The zero-order valence-electron chi connectivity index (χ0n) is 31.5. The summed E-state index contributed by atoms with van der Waals surface area (Å²) in [5.41, 5.74) is 13.6. The van der Waals surface area contributed by atoms with Gasteiger partial charge in [-0.1, -0.05) is 166 Å². The largest absolute Gasteiger partial charge is 0.310 e. The van der Waals surface area contributed by atoms with Crippen LogP contribution in [0, 0.1) is 0 Å². The van der Waals surface area contributed by atoms with E-state index in [1.807, 2.05) is 0 Å². The lowest BCUT2D eigenvalue weighted by Crippen LogP contribution is -2.15. The van der Waals surface area contributed by atoms with Crippen LogP contribution in [0.15, 0.2) is 200 Å². The highest BCUT2D eigenvalue weighted by Gasteiger charge is 2.35. The second kappa shape index (κ2) is 12.5. The molecule has 0 spiro atoms. The van der Waals surface area contributed by atoms with E-state index in [4.69, 9.17) is 0 Å². The summed E-state index contributed by atoms with van der Waals surface area (Å²) >= 11 is 0. The van der Waals surface area contributed by atoms with Crippen molar-refractivity contribution >= 4 is 60.2 Å². The summed E-state index contributed by atoms with van der Waals surface area (Å²) in [7, 11) is 0. The molecule has 0 unspecified atom stereocenters. The molecule has 0 saturated heterocycles. The third-order valence-electron chi connectivity index (χ3n) is 12.2. The number of anilines is 3. The summed E-state index contributed by atoms with van der Waals surface area (Å²) in [6.07, 6.45) is 0. The first-order valence-electron chi connectivity index (χ1n) is 19.6. The fourth-order valence-electron chi connectivity index (χ4n) is 9.37. The molecular formula is C55H39N. The van der Waals surface area contributed by atoms with Crippen molar-refractivity contribution < 1.29 is 0 Å². The lowest BCUT2D eigenvalue weighted by Gasteiger charge is -2.27. The monoisotopic (exact) mass is 713 g/mol. The normalized spacial score (nSPS) is 13.0. The summed E-state index contributed by atoms with van der Waals surface area (Å²) in [6, 6.07) is 74.0. The highest BCUT2D eigenvalue weighted by Crippen LogP contribution is 2.51. The van der Waals surface area contributed by atoms with Gasteiger partial charge in [-0.05, 0) is 136 Å². The number of rotatable bonds is 5. The first-order chi connectivity index (χ1) is 27.5. The summed E-state index contributed by atoms with van der Waals surface area (Å²) < 4.78 is 0. The van der Waals surface area contributed by atoms with Gasteiger partial charge in [-0.2, -0.15) is 0 Å². The van der Waals surface area contributed by atoms with Crippen LogP contribution in [0.1, 0.15) is 25.0 Å². The van der Waals surface area contributed by atoms with Gasteiger partial charge in [-0.15, -0.1) is 0 Å². The summed E-state index contributed by atoms with van der Waals surface area (Å²) in [6.45, 7) is 4.69. The number of nitrogens with zero attached hydrogens (tertiary/aromatic N) is 1. The third kappa shape index (κ3) is 5.08. The van der Waals surface area contributed by atoms with Crippen molar-refractivity contribution in [3.05, 3.63) is 211 Å². The first-order valence-corrected chi connectivity index (χ1v) is 19.6. The molecule has 1 nitrogen and oxygen atoms in total. The maximum atomic E-state index is 2.41. The summed E-state index contributed by atoms with van der Waals surface area (Å²) in [5, 5.41) is 10.2. The Kier molecular flexibility index (Phi) is 7.28. The van der Waals surface area contributed by atoms with Crippen molar-refractivity contribution in [3.8, 4) is 33.4 Å². The molecule has 0 saturated carbocycles. The predicted octanol–water partition coefficient (Wildman–Crippen LogP) is 15.4. The van der Waals surface area contributed by atoms with Gasteiger partial charge in [0.1, 0.15) is 0 Å². The fourth-order valence-corrected chi connectivity index (χ4v) is 9.37. The molecule has 264 valence electrons. The van der Waals surface area contributed by atoms with E-state index in [1.165, 1.54) is 87.6 Å². The Hall–Kier alpha value is -6.96. The van der Waals surface area contributed by atoms with E-state index in [9.17, 15) is 0 Å². The van der Waals surface area contributed by atoms with Crippen molar-refractivity contribution in [2.75, 3.05) is 4.90 Å². The average Bonchev–Trinajstić information content (AvgIpc) is 3.49. The molecular weight excluding hydrogens is 675 g/mol. The molecule has 0 radical (unpaired) electrons. The molecule has 1 aliphatic carbocycles. The topological polar surface area (TPSA) is 3.24 Å². The molecule has 0 aliphatic heterocycles. The van der Waals surface area contributed by atoms with Crippen LogP contribution in [0.5, 0.6) is 0 Å². The Morgan fingerprint density at radius 3 is 1.66 bits per heavy atom. The van der Waals surface area contributed by atoms with Gasteiger partial charge in [0, 0.05) is 22.5 Å². The molecule has 1 heteroatoms. The van der Waals surface area contributed by atoms with Gasteiger partial charge >= 0.3 is 0 Å². The molecule has 56 heavy (non-hydrogen) atoms. The number of benzene rings is 10. The minimum atomic E-state index is -0.0483. The van der Waals surface area contributed by atoms with Gasteiger partial charge in [-0.3, -0.25) is 0 Å². The van der Waals surface area contributed by atoms with Gasteiger partial charge in [-0.25, -0.2) is 0 Å². The molecule has 0 heterocycles. The Morgan fingerprint density at radius 2 is 0.875 bits per heavy atom. The first kappa shape index (κ1) is 32.5. The maximum Gasteiger partial charge on any atom is 0.0468 e. The van der Waals surface area contributed by atoms with Crippen LogP contribution in [0.3, 0.4) is 0 Å². The minimum absolute atomic E-state index is 0.0483. The van der Waals surface area contributed by atoms with Crippen molar-refractivity contribution in [3.63, 3.8) is 0 Å². The average molecular weight is 714 g/mol. The number of hydrogen-bond donors (Lipinski definition) is 0. The van der Waals surface area contributed by atoms with Crippen molar-refractivity contribution in [2.45, 2.75) is 19.3 Å². The second-order valence-electron chi connectivity index (χ2n) is 15.7. The molecule has 1 aliphatic rings. The molecule has 0 fully saturated rings. The van der Waals surface area contributed by atoms with Crippen LogP contribution in [-0.4, -0.2) is 0 Å². The predicted molar refractivity (Wildman–Crippen MR) is 240 cm³/mol. The van der Waals surface area contributed by atoms with E-state index < -0.39 is 0 Å². The van der Waals surface area contributed by atoms with Gasteiger partial charge in [0.15, 0.2) is 0 Å². The van der Waals surface area contributed by atoms with Crippen molar-refractivity contribution in [2.24, 2.45) is 0 Å². The maximum absolute atomic E-state index is 2.41. The zero-order chi connectivity index (χ0) is 37.4. The van der Waals surface area contributed by atoms with Gasteiger partial charge in [0.2, 0.25) is 0 Å².